The van der Waals surface area contributed by atoms with E-state index in [4.69, 9.17) is 11.6 Å². The van der Waals surface area contributed by atoms with Gasteiger partial charge in [-0.05, 0) is 74.7 Å². The highest BCUT2D eigenvalue weighted by Crippen LogP contribution is 2.40. The van der Waals surface area contributed by atoms with Gasteiger partial charge in [0.15, 0.2) is 11.6 Å². The Morgan fingerprint density at radius 3 is 2.74 bits per heavy atom. The summed E-state index contributed by atoms with van der Waals surface area (Å²) in [6.07, 6.45) is 5.47. The number of hydrogen-bond acceptors (Lipinski definition) is 9. The zero-order valence-electron chi connectivity index (χ0n) is 21.5. The number of nitriles is 1. The van der Waals surface area contributed by atoms with Crippen molar-refractivity contribution in [1.29, 1.82) is 5.26 Å². The lowest BCUT2D eigenvalue weighted by atomic mass is 10.0. The molecule has 0 radical (unpaired) electrons. The molecule has 39 heavy (non-hydrogen) atoms. The Kier molecular flexibility index (Phi) is 5.85. The van der Waals surface area contributed by atoms with Crippen molar-refractivity contribution in [2.45, 2.75) is 57.8 Å². The third-order valence-corrected chi connectivity index (χ3v) is 7.28. The van der Waals surface area contributed by atoms with E-state index in [1.165, 1.54) is 10.9 Å². The van der Waals surface area contributed by atoms with Gasteiger partial charge in [-0.15, -0.1) is 10.2 Å². The first kappa shape index (κ1) is 25.0. The summed E-state index contributed by atoms with van der Waals surface area (Å²) < 4.78 is 0. The van der Waals surface area contributed by atoms with Gasteiger partial charge in [-0.2, -0.15) is 15.1 Å². The summed E-state index contributed by atoms with van der Waals surface area (Å²) in [5.41, 5.74) is 0.608. The molecule has 4 heterocycles. The molecule has 0 saturated heterocycles. The van der Waals surface area contributed by atoms with Gasteiger partial charge in [0.05, 0.1) is 40.5 Å². The van der Waals surface area contributed by atoms with Crippen LogP contribution in [0, 0.1) is 18.3 Å². The second-order valence-corrected chi connectivity index (χ2v) is 10.8. The second kappa shape index (κ2) is 9.14. The number of benzene rings is 1. The van der Waals surface area contributed by atoms with Crippen molar-refractivity contribution in [2.75, 3.05) is 10.3 Å². The number of carbonyl (C=O) groups is 2. The van der Waals surface area contributed by atoms with Crippen molar-refractivity contribution < 1.29 is 9.59 Å². The first-order valence-corrected chi connectivity index (χ1v) is 12.9. The van der Waals surface area contributed by atoms with Gasteiger partial charge < -0.3 is 10.6 Å². The van der Waals surface area contributed by atoms with Gasteiger partial charge in [-0.3, -0.25) is 9.59 Å². The largest absolute Gasteiger partial charge is 0.333 e. The monoisotopic (exact) mass is 544 g/mol. The van der Waals surface area contributed by atoms with Crippen LogP contribution in [0.15, 0.2) is 42.2 Å². The fourth-order valence-corrected chi connectivity index (χ4v) is 5.29. The first-order chi connectivity index (χ1) is 18.7. The zero-order valence-corrected chi connectivity index (χ0v) is 22.3. The molecule has 2 bridgehead atoms. The fraction of sp³-hybridized carbons (Fsp3) is 0.346. The fourth-order valence-electron chi connectivity index (χ4n) is 5.09. The number of nitrogens with zero attached hydrogens (tertiary/aromatic N) is 8. The number of rotatable bonds is 4. The van der Waals surface area contributed by atoms with Crippen LogP contribution in [-0.2, 0) is 11.3 Å². The summed E-state index contributed by atoms with van der Waals surface area (Å²) in [7, 11) is 0. The first-order valence-electron chi connectivity index (χ1n) is 12.5. The maximum atomic E-state index is 13.9. The highest BCUT2D eigenvalue weighted by atomic mass is 35.5. The summed E-state index contributed by atoms with van der Waals surface area (Å²) >= 11 is 6.60. The molecular weight excluding hydrogens is 520 g/mol. The van der Waals surface area contributed by atoms with E-state index in [2.05, 4.69) is 37.1 Å². The van der Waals surface area contributed by atoms with E-state index in [9.17, 15) is 14.9 Å². The van der Waals surface area contributed by atoms with Crippen LogP contribution in [0.25, 0.3) is 0 Å². The van der Waals surface area contributed by atoms with Gasteiger partial charge in [0.2, 0.25) is 0 Å². The summed E-state index contributed by atoms with van der Waals surface area (Å²) in [6, 6.07) is 8.08. The number of hydrazine groups is 1. The number of tetrazole rings is 1. The standard InChI is InChI=1S/C26H25ClN10O2/c1-14-9-15(12-28)10-18-21(14)30-25(39)20-11-17(13-35-33-22(32-34-35)16-6-7-16)37(26(2,3)31-24(18)38)36(20)23-19(27)5-4-8-29-23/h4-5,8-11,16-17H,6-7,13H2,1-3H3,(H,30,39)(H,31,38). The number of nitrogens with one attached hydrogen (secondary N) is 2. The molecule has 2 amide bonds. The maximum absolute atomic E-state index is 13.9. The van der Waals surface area contributed by atoms with Crippen LogP contribution in [0.3, 0.4) is 0 Å². The second-order valence-electron chi connectivity index (χ2n) is 10.4. The summed E-state index contributed by atoms with van der Waals surface area (Å²) in [6.45, 7) is 5.64. The molecule has 1 saturated carbocycles. The van der Waals surface area contributed by atoms with Gasteiger partial charge in [-0.25, -0.2) is 9.99 Å². The van der Waals surface area contributed by atoms with E-state index < -0.39 is 23.5 Å². The predicted octanol–water partition coefficient (Wildman–Crippen LogP) is 2.89. The summed E-state index contributed by atoms with van der Waals surface area (Å²) in [5.74, 6) is 0.452. The molecule has 13 heteroatoms. The molecule has 2 atom stereocenters. The Morgan fingerprint density at radius 1 is 1.23 bits per heavy atom. The average Bonchev–Trinajstić information content (AvgIpc) is 3.52. The van der Waals surface area contributed by atoms with Gasteiger partial charge in [0.25, 0.3) is 11.8 Å². The lowest BCUT2D eigenvalue weighted by molar-refractivity contribution is -0.113. The number of carbonyl (C=O) groups excluding carboxylic acids is 2. The SMILES string of the molecule is Cc1cc(C#N)cc2c1NC(=O)C1=CC(Cn3nnc(C4CC4)n3)N(N1c1ncccc1Cl)C(C)(C)NC2=O. The average molecular weight is 545 g/mol. The molecule has 0 spiro atoms. The molecule has 3 aliphatic rings. The van der Waals surface area contributed by atoms with Gasteiger partial charge >= 0.3 is 0 Å². The Hall–Kier alpha value is -4.34. The number of halogens is 1. The van der Waals surface area contributed by atoms with Crippen molar-refractivity contribution in [3.05, 3.63) is 69.8 Å². The molecule has 2 aromatic heterocycles. The van der Waals surface area contributed by atoms with E-state index in [0.717, 1.165) is 12.8 Å². The van der Waals surface area contributed by atoms with E-state index >= 15 is 0 Å². The molecule has 2 unspecified atom stereocenters. The summed E-state index contributed by atoms with van der Waals surface area (Å²) in [4.78, 5) is 33.6. The highest BCUT2D eigenvalue weighted by molar-refractivity contribution is 6.33. The van der Waals surface area contributed by atoms with Crippen LogP contribution in [0.4, 0.5) is 11.5 Å². The molecule has 3 aromatic rings. The topological polar surface area (TPSA) is 145 Å². The lowest BCUT2D eigenvalue weighted by Gasteiger charge is -2.45. The minimum Gasteiger partial charge on any atom is -0.333 e. The van der Waals surface area contributed by atoms with Crippen molar-refractivity contribution in [3.8, 4) is 6.07 Å². The quantitative estimate of drug-likeness (QED) is 0.506. The number of amides is 2. The number of anilines is 2. The van der Waals surface area contributed by atoms with Crippen LogP contribution >= 0.6 is 11.6 Å². The number of pyridine rings is 1. The molecule has 12 nitrogen and oxygen atoms in total. The minimum absolute atomic E-state index is 0.196. The van der Waals surface area contributed by atoms with Crippen LogP contribution in [0.5, 0.6) is 0 Å². The third-order valence-electron chi connectivity index (χ3n) is 6.98. The Morgan fingerprint density at radius 2 is 2.03 bits per heavy atom. The predicted molar refractivity (Wildman–Crippen MR) is 141 cm³/mol. The van der Waals surface area contributed by atoms with Crippen LogP contribution in [0.1, 0.15) is 59.9 Å². The van der Waals surface area contributed by atoms with E-state index in [-0.39, 0.29) is 17.8 Å². The van der Waals surface area contributed by atoms with Crippen LogP contribution < -0.4 is 15.6 Å². The molecular formula is C26H25ClN10O2. The van der Waals surface area contributed by atoms with Crippen molar-refractivity contribution >= 4 is 34.9 Å². The Bertz CT molecular complexity index is 1590. The molecule has 2 aliphatic heterocycles. The lowest BCUT2D eigenvalue weighted by Crippen LogP contribution is -2.64. The number of aryl methyl sites for hydroxylation is 1. The number of hydrogen-bond donors (Lipinski definition) is 2. The smallest absolute Gasteiger partial charge is 0.273 e. The van der Waals surface area contributed by atoms with Gasteiger partial charge in [0.1, 0.15) is 11.4 Å². The Balaban J connectivity index is 1.50. The normalized spacial score (nSPS) is 21.9. The Labute approximate surface area is 229 Å². The molecule has 1 aromatic carbocycles. The van der Waals surface area contributed by atoms with E-state index in [1.54, 1.807) is 42.4 Å². The highest BCUT2D eigenvalue weighted by Gasteiger charge is 2.47. The zero-order chi connectivity index (χ0) is 27.5. The van der Waals surface area contributed by atoms with Gasteiger partial charge in [0, 0.05) is 12.1 Å². The molecule has 6 rings (SSSR count). The molecule has 1 fully saturated rings. The maximum Gasteiger partial charge on any atom is 0.273 e. The third kappa shape index (κ3) is 4.39. The minimum atomic E-state index is -1.08. The van der Waals surface area contributed by atoms with Crippen LogP contribution in [0.2, 0.25) is 5.02 Å². The van der Waals surface area contributed by atoms with E-state index in [1.807, 2.05) is 18.9 Å². The number of aromatic nitrogens is 5. The summed E-state index contributed by atoms with van der Waals surface area (Å²) in [5, 5.41) is 32.3. The number of fused-ring (bicyclic) bond motifs is 3. The van der Waals surface area contributed by atoms with Crippen molar-refractivity contribution in [2.24, 2.45) is 0 Å². The van der Waals surface area contributed by atoms with Gasteiger partial charge in [-0.1, -0.05) is 11.6 Å². The molecule has 2 N–H and O–H groups in total. The van der Waals surface area contributed by atoms with E-state index in [0.29, 0.717) is 39.4 Å². The van der Waals surface area contributed by atoms with Crippen molar-refractivity contribution in [3.63, 3.8) is 0 Å². The molecule has 198 valence electrons. The van der Waals surface area contributed by atoms with Crippen LogP contribution in [-0.4, -0.2) is 53.7 Å². The molecule has 1 aliphatic carbocycles. The van der Waals surface area contributed by atoms with Crippen molar-refractivity contribution in [1.82, 2.24) is 35.5 Å².